The zero-order chi connectivity index (χ0) is 19.8. The Balaban J connectivity index is 1.27. The highest BCUT2D eigenvalue weighted by Gasteiger charge is 2.34. The molecule has 1 aliphatic heterocycles. The Morgan fingerprint density at radius 3 is 2.72 bits per heavy atom. The van der Waals surface area contributed by atoms with Crippen LogP contribution in [-0.4, -0.2) is 36.0 Å². The zero-order valence-electron chi connectivity index (χ0n) is 16.1. The monoisotopic (exact) mass is 409 g/mol. The van der Waals surface area contributed by atoms with Crippen LogP contribution in [0.4, 0.5) is 0 Å². The average molecular weight is 410 g/mol. The van der Waals surface area contributed by atoms with Crippen molar-refractivity contribution in [3.8, 4) is 11.5 Å². The van der Waals surface area contributed by atoms with Crippen molar-refractivity contribution in [2.45, 2.75) is 37.0 Å². The molecule has 5 rings (SSSR count). The van der Waals surface area contributed by atoms with Crippen LogP contribution in [0.1, 0.15) is 29.9 Å². The van der Waals surface area contributed by atoms with Crippen molar-refractivity contribution in [2.24, 2.45) is 5.92 Å². The van der Waals surface area contributed by atoms with Gasteiger partial charge in [-0.05, 0) is 67.0 Å². The molecule has 1 unspecified atom stereocenters. The number of fused-ring (bicyclic) bond motifs is 1. The van der Waals surface area contributed by atoms with E-state index in [2.05, 4.69) is 10.2 Å². The predicted octanol–water partition coefficient (Wildman–Crippen LogP) is 3.48. The number of hydrogen-bond donors (Lipinski definition) is 0. The van der Waals surface area contributed by atoms with E-state index in [1.807, 2.05) is 42.5 Å². The van der Waals surface area contributed by atoms with Gasteiger partial charge in [0.05, 0.1) is 4.90 Å². The number of benzene rings is 2. The lowest BCUT2D eigenvalue weighted by atomic mass is 10.1. The molecule has 0 saturated carbocycles. The Morgan fingerprint density at radius 1 is 1.03 bits per heavy atom. The number of sulfonamides is 1. The second kappa shape index (κ2) is 7.39. The molecule has 1 saturated heterocycles. The molecule has 7 heteroatoms. The van der Waals surface area contributed by atoms with Gasteiger partial charge in [0.1, 0.15) is 0 Å². The van der Waals surface area contributed by atoms with Gasteiger partial charge in [-0.25, -0.2) is 8.42 Å². The number of hydrogen-bond acceptors (Lipinski definition) is 5. The SMILES string of the molecule is O=S(=O)(c1ccc2c(c1)CCC2)N1CCC(Cc2nnc(-c3ccccc3)o2)C1. The Hall–Kier alpha value is -2.51. The molecule has 0 radical (unpaired) electrons. The minimum Gasteiger partial charge on any atom is -0.421 e. The first-order chi connectivity index (χ1) is 14.1. The molecule has 2 aromatic carbocycles. The molecule has 2 heterocycles. The van der Waals surface area contributed by atoms with Crippen LogP contribution in [-0.2, 0) is 29.3 Å². The molecular formula is C22H23N3O3S. The van der Waals surface area contributed by atoms with Gasteiger partial charge in [-0.15, -0.1) is 10.2 Å². The van der Waals surface area contributed by atoms with Crippen molar-refractivity contribution in [2.75, 3.05) is 13.1 Å². The summed E-state index contributed by atoms with van der Waals surface area (Å²) in [6.45, 7) is 1.02. The van der Waals surface area contributed by atoms with Crippen LogP contribution in [0.25, 0.3) is 11.5 Å². The molecule has 0 spiro atoms. The van der Waals surface area contributed by atoms with Gasteiger partial charge in [-0.3, -0.25) is 0 Å². The van der Waals surface area contributed by atoms with Crippen LogP contribution in [0.2, 0.25) is 0 Å². The van der Waals surface area contributed by atoms with Gasteiger partial charge < -0.3 is 4.42 Å². The van der Waals surface area contributed by atoms with Crippen molar-refractivity contribution in [3.63, 3.8) is 0 Å². The fourth-order valence-corrected chi connectivity index (χ4v) is 5.90. The van der Waals surface area contributed by atoms with Crippen LogP contribution in [0, 0.1) is 5.92 Å². The maximum Gasteiger partial charge on any atom is 0.247 e. The fraction of sp³-hybridized carbons (Fsp3) is 0.364. The van der Waals surface area contributed by atoms with Gasteiger partial charge in [-0.2, -0.15) is 4.31 Å². The third kappa shape index (κ3) is 3.60. The summed E-state index contributed by atoms with van der Waals surface area (Å²) in [5, 5.41) is 8.28. The molecule has 1 aliphatic carbocycles. The second-order valence-corrected chi connectivity index (χ2v) is 9.81. The van der Waals surface area contributed by atoms with E-state index < -0.39 is 10.0 Å². The van der Waals surface area contributed by atoms with Crippen LogP contribution in [0.5, 0.6) is 0 Å². The van der Waals surface area contributed by atoms with E-state index in [1.54, 1.807) is 10.4 Å². The summed E-state index contributed by atoms with van der Waals surface area (Å²) < 4.78 is 33.6. The van der Waals surface area contributed by atoms with Crippen molar-refractivity contribution in [1.29, 1.82) is 0 Å². The van der Waals surface area contributed by atoms with Gasteiger partial charge in [0.15, 0.2) is 0 Å². The first kappa shape index (κ1) is 18.5. The molecule has 0 amide bonds. The number of aromatic nitrogens is 2. The summed E-state index contributed by atoms with van der Waals surface area (Å²) in [6, 6.07) is 15.3. The van der Waals surface area contributed by atoms with Crippen LogP contribution in [0.15, 0.2) is 57.8 Å². The molecule has 1 atom stereocenters. The summed E-state index contributed by atoms with van der Waals surface area (Å²) in [5.41, 5.74) is 3.36. The highest BCUT2D eigenvalue weighted by atomic mass is 32.2. The Morgan fingerprint density at radius 2 is 1.86 bits per heavy atom. The van der Waals surface area contributed by atoms with Gasteiger partial charge in [0.2, 0.25) is 21.8 Å². The van der Waals surface area contributed by atoms with Gasteiger partial charge >= 0.3 is 0 Å². The molecule has 6 nitrogen and oxygen atoms in total. The molecule has 1 aromatic heterocycles. The lowest BCUT2D eigenvalue weighted by molar-refractivity contribution is 0.423. The van der Waals surface area contributed by atoms with E-state index in [9.17, 15) is 8.42 Å². The minimum atomic E-state index is -3.46. The fourth-order valence-electron chi connectivity index (χ4n) is 4.32. The quantitative estimate of drug-likeness (QED) is 0.645. The molecule has 29 heavy (non-hydrogen) atoms. The van der Waals surface area contributed by atoms with Crippen molar-refractivity contribution >= 4 is 10.0 Å². The predicted molar refractivity (Wildman–Crippen MR) is 109 cm³/mol. The van der Waals surface area contributed by atoms with Crippen LogP contribution < -0.4 is 0 Å². The van der Waals surface area contributed by atoms with E-state index >= 15 is 0 Å². The normalized spacial score (nSPS) is 19.5. The molecule has 1 fully saturated rings. The van der Waals surface area contributed by atoms with E-state index in [0.29, 0.717) is 36.2 Å². The minimum absolute atomic E-state index is 0.184. The highest BCUT2D eigenvalue weighted by Crippen LogP contribution is 2.30. The Bertz CT molecular complexity index is 1130. The number of aryl methyl sites for hydroxylation is 2. The van der Waals surface area contributed by atoms with Crippen LogP contribution >= 0.6 is 0 Å². The Kier molecular flexibility index (Phi) is 4.72. The largest absolute Gasteiger partial charge is 0.421 e. The molecular weight excluding hydrogens is 386 g/mol. The smallest absolute Gasteiger partial charge is 0.247 e. The third-order valence-electron chi connectivity index (χ3n) is 5.91. The molecule has 0 bridgehead atoms. The summed E-state index contributed by atoms with van der Waals surface area (Å²) in [5.74, 6) is 1.25. The Labute approximate surface area is 170 Å². The number of rotatable bonds is 5. The highest BCUT2D eigenvalue weighted by molar-refractivity contribution is 7.89. The molecule has 2 aliphatic rings. The van der Waals surface area contributed by atoms with Crippen molar-refractivity contribution in [3.05, 3.63) is 65.5 Å². The summed E-state index contributed by atoms with van der Waals surface area (Å²) in [4.78, 5) is 0.419. The van der Waals surface area contributed by atoms with E-state index in [1.165, 1.54) is 11.1 Å². The average Bonchev–Trinajstić information content (AvgIpc) is 3.49. The summed E-state index contributed by atoms with van der Waals surface area (Å²) >= 11 is 0. The van der Waals surface area contributed by atoms with E-state index in [4.69, 9.17) is 4.42 Å². The standard InChI is InChI=1S/C22H23N3O3S/c26-29(27,20-10-9-17-7-4-8-19(17)14-20)25-12-11-16(15-25)13-21-23-24-22(28-21)18-5-2-1-3-6-18/h1-3,5-6,9-10,14,16H,4,7-8,11-13,15H2. The molecule has 0 N–H and O–H groups in total. The lowest BCUT2D eigenvalue weighted by Gasteiger charge is -2.17. The van der Waals surface area contributed by atoms with Gasteiger partial charge in [-0.1, -0.05) is 24.3 Å². The lowest BCUT2D eigenvalue weighted by Crippen LogP contribution is -2.29. The topological polar surface area (TPSA) is 76.3 Å². The third-order valence-corrected chi connectivity index (χ3v) is 7.77. The van der Waals surface area contributed by atoms with Gasteiger partial charge in [0, 0.05) is 25.1 Å². The summed E-state index contributed by atoms with van der Waals surface area (Å²) in [7, 11) is -3.46. The maximum absolute atomic E-state index is 13.1. The maximum atomic E-state index is 13.1. The number of nitrogens with zero attached hydrogens (tertiary/aromatic N) is 3. The van der Waals surface area contributed by atoms with E-state index in [-0.39, 0.29) is 5.92 Å². The van der Waals surface area contributed by atoms with Crippen LogP contribution in [0.3, 0.4) is 0 Å². The second-order valence-electron chi connectivity index (χ2n) is 7.87. The molecule has 150 valence electrons. The first-order valence-electron chi connectivity index (χ1n) is 10.1. The van der Waals surface area contributed by atoms with Crippen molar-refractivity contribution in [1.82, 2.24) is 14.5 Å². The van der Waals surface area contributed by atoms with Crippen molar-refractivity contribution < 1.29 is 12.8 Å². The molecule has 3 aromatic rings. The first-order valence-corrected chi connectivity index (χ1v) is 11.5. The van der Waals surface area contributed by atoms with E-state index in [0.717, 1.165) is 31.2 Å². The summed E-state index contributed by atoms with van der Waals surface area (Å²) in [6.07, 6.45) is 4.53. The zero-order valence-corrected chi connectivity index (χ0v) is 16.9. The van der Waals surface area contributed by atoms with Gasteiger partial charge in [0.25, 0.3) is 0 Å².